The van der Waals surface area contributed by atoms with Crippen LogP contribution in [0.1, 0.15) is 44.5 Å². The fourth-order valence-corrected chi connectivity index (χ4v) is 17.8. The molecule has 8 heteroatoms. The van der Waals surface area contributed by atoms with Crippen molar-refractivity contribution in [2.75, 3.05) is 0 Å². The van der Waals surface area contributed by atoms with E-state index < -0.39 is 10.8 Å². The largest absolute Gasteiger partial charge is 0.455 e. The predicted octanol–water partition coefficient (Wildman–Crippen LogP) is 23.9. The molecular formula is C98H58N6O2. The van der Waals surface area contributed by atoms with Crippen LogP contribution in [0.5, 0.6) is 0 Å². The van der Waals surface area contributed by atoms with Crippen molar-refractivity contribution in [3.63, 3.8) is 0 Å². The van der Waals surface area contributed by atoms with Crippen molar-refractivity contribution in [1.82, 2.24) is 29.9 Å². The van der Waals surface area contributed by atoms with Crippen LogP contribution in [0.3, 0.4) is 0 Å². The minimum absolute atomic E-state index is 0.409. The zero-order valence-corrected chi connectivity index (χ0v) is 57.0. The highest BCUT2D eigenvalue weighted by atomic mass is 16.3. The molecule has 4 heterocycles. The Kier molecular flexibility index (Phi) is 13.1. The first-order chi connectivity index (χ1) is 52.5. The van der Waals surface area contributed by atoms with Crippen LogP contribution in [0.2, 0.25) is 0 Å². The number of hydrogen-bond donors (Lipinski definition) is 0. The molecule has 23 rings (SSSR count). The SMILES string of the molecule is c1ccc(-c2nc(-c3ccccc3)nc(-c3ccc4c(c3)oc3c5c(ccc34)C3(c4ccccc4-c4ccccc43)c3ccccc3-5)n2)cc1.c1ccc(-c2nc(-c3ccccc3)nc(-c3cccc(-c4ccc5c(c4)oc4c6c(ccc45)C4(c5ccccc5-c5ccccc54)c4ccccc4-6)c3)n2)cc1. The van der Waals surface area contributed by atoms with Gasteiger partial charge in [-0.1, -0.05) is 322 Å². The molecule has 15 aromatic carbocycles. The van der Waals surface area contributed by atoms with Gasteiger partial charge in [-0.3, -0.25) is 0 Å². The molecule has 0 unspecified atom stereocenters. The van der Waals surface area contributed by atoms with Crippen molar-refractivity contribution in [3.05, 3.63) is 396 Å². The molecule has 4 aliphatic carbocycles. The van der Waals surface area contributed by atoms with Crippen LogP contribution in [0.4, 0.5) is 0 Å². The Hall–Kier alpha value is -14.1. The predicted molar refractivity (Wildman–Crippen MR) is 425 cm³/mol. The molecule has 8 nitrogen and oxygen atoms in total. The second-order valence-electron chi connectivity index (χ2n) is 27.8. The van der Waals surface area contributed by atoms with E-state index in [1.54, 1.807) is 0 Å². The molecule has 0 radical (unpaired) electrons. The van der Waals surface area contributed by atoms with Gasteiger partial charge in [0, 0.05) is 66.1 Å². The summed E-state index contributed by atoms with van der Waals surface area (Å²) in [5.74, 6) is 3.79. The highest BCUT2D eigenvalue weighted by Gasteiger charge is 2.54. The number of rotatable bonds is 7. The molecule has 0 saturated heterocycles. The number of furan rings is 2. The van der Waals surface area contributed by atoms with E-state index in [2.05, 4.69) is 231 Å². The second kappa shape index (κ2) is 23.2. The molecule has 0 atom stereocenters. The lowest BCUT2D eigenvalue weighted by atomic mass is 9.70. The number of aromatic nitrogens is 6. The molecule has 0 bridgehead atoms. The number of fused-ring (bicyclic) bond motifs is 28. The Bertz CT molecular complexity index is 6640. The van der Waals surface area contributed by atoms with Crippen LogP contribution in [0, 0.1) is 0 Å². The average Bonchev–Trinajstić information content (AvgIpc) is 1.51. The van der Waals surface area contributed by atoms with Gasteiger partial charge >= 0.3 is 0 Å². The topological polar surface area (TPSA) is 104 Å². The van der Waals surface area contributed by atoms with Crippen LogP contribution >= 0.6 is 0 Å². The summed E-state index contributed by atoms with van der Waals surface area (Å²) in [6, 6.07) is 124. The maximum atomic E-state index is 7.00. The zero-order valence-electron chi connectivity index (χ0n) is 57.0. The monoisotopic (exact) mass is 1350 g/mol. The van der Waals surface area contributed by atoms with Crippen molar-refractivity contribution in [2.45, 2.75) is 10.8 Å². The Morgan fingerprint density at radius 1 is 0.179 bits per heavy atom. The minimum atomic E-state index is -0.413. The quantitative estimate of drug-likeness (QED) is 0.155. The summed E-state index contributed by atoms with van der Waals surface area (Å²) in [7, 11) is 0. The highest BCUT2D eigenvalue weighted by molar-refractivity contribution is 6.15. The first-order valence-electron chi connectivity index (χ1n) is 36.0. The van der Waals surface area contributed by atoms with Gasteiger partial charge in [0.05, 0.1) is 10.8 Å². The summed E-state index contributed by atoms with van der Waals surface area (Å²) in [5.41, 5.74) is 30.8. The second-order valence-corrected chi connectivity index (χ2v) is 27.8. The Labute approximate surface area is 610 Å². The van der Waals surface area contributed by atoms with Crippen LogP contribution in [-0.4, -0.2) is 29.9 Å². The van der Waals surface area contributed by atoms with Crippen LogP contribution in [0.15, 0.2) is 361 Å². The summed E-state index contributed by atoms with van der Waals surface area (Å²) in [6.07, 6.45) is 0. The molecule has 19 aromatic rings. The number of hydrogen-bond acceptors (Lipinski definition) is 8. The molecule has 492 valence electrons. The van der Waals surface area contributed by atoms with Gasteiger partial charge < -0.3 is 8.83 Å². The lowest BCUT2D eigenvalue weighted by Gasteiger charge is -2.30. The molecule has 0 N–H and O–H groups in total. The van der Waals surface area contributed by atoms with Gasteiger partial charge in [-0.25, -0.2) is 29.9 Å². The third-order valence-corrected chi connectivity index (χ3v) is 22.3. The van der Waals surface area contributed by atoms with Crippen molar-refractivity contribution >= 4 is 43.9 Å². The van der Waals surface area contributed by atoms with Gasteiger partial charge in [-0.2, -0.15) is 0 Å². The lowest BCUT2D eigenvalue weighted by Crippen LogP contribution is -2.25. The van der Waals surface area contributed by atoms with E-state index in [4.69, 9.17) is 38.7 Å². The number of nitrogens with zero attached hydrogens (tertiary/aromatic N) is 6. The van der Waals surface area contributed by atoms with E-state index in [9.17, 15) is 0 Å². The van der Waals surface area contributed by atoms with E-state index in [0.29, 0.717) is 34.9 Å². The lowest BCUT2D eigenvalue weighted by molar-refractivity contribution is 0.669. The van der Waals surface area contributed by atoms with Crippen LogP contribution < -0.4 is 0 Å². The zero-order chi connectivity index (χ0) is 69.6. The molecule has 2 spiro atoms. The van der Waals surface area contributed by atoms with Gasteiger partial charge in [0.15, 0.2) is 34.9 Å². The van der Waals surface area contributed by atoms with E-state index in [0.717, 1.165) is 88.4 Å². The molecule has 0 fully saturated rings. The normalized spacial score (nSPS) is 13.2. The van der Waals surface area contributed by atoms with E-state index in [1.807, 2.05) is 121 Å². The molecule has 0 amide bonds. The minimum Gasteiger partial charge on any atom is -0.455 e. The maximum Gasteiger partial charge on any atom is 0.164 e. The van der Waals surface area contributed by atoms with E-state index >= 15 is 0 Å². The third-order valence-electron chi connectivity index (χ3n) is 22.3. The third kappa shape index (κ3) is 8.70. The molecule has 0 saturated carbocycles. The summed E-state index contributed by atoms with van der Waals surface area (Å²) < 4.78 is 14.0. The fourth-order valence-electron chi connectivity index (χ4n) is 17.8. The van der Waals surface area contributed by atoms with Crippen molar-refractivity contribution in [3.8, 4) is 124 Å². The van der Waals surface area contributed by atoms with Crippen LogP contribution in [0.25, 0.3) is 168 Å². The van der Waals surface area contributed by atoms with Crippen LogP contribution in [-0.2, 0) is 10.8 Å². The first-order valence-corrected chi connectivity index (χ1v) is 36.0. The van der Waals surface area contributed by atoms with Gasteiger partial charge in [-0.15, -0.1) is 0 Å². The summed E-state index contributed by atoms with van der Waals surface area (Å²) >= 11 is 0. The Morgan fingerprint density at radius 3 is 0.802 bits per heavy atom. The summed E-state index contributed by atoms with van der Waals surface area (Å²) in [6.45, 7) is 0. The summed E-state index contributed by atoms with van der Waals surface area (Å²) in [5, 5.41) is 4.39. The number of benzene rings is 15. The Morgan fingerprint density at radius 2 is 0.434 bits per heavy atom. The average molecular weight is 1350 g/mol. The van der Waals surface area contributed by atoms with Gasteiger partial charge in [0.1, 0.15) is 22.3 Å². The van der Waals surface area contributed by atoms with E-state index in [1.165, 1.54) is 89.0 Å². The fraction of sp³-hybridized carbons (Fsp3) is 0.0204. The molecule has 4 aliphatic rings. The van der Waals surface area contributed by atoms with Crippen molar-refractivity contribution < 1.29 is 8.83 Å². The van der Waals surface area contributed by atoms with Gasteiger partial charge in [0.2, 0.25) is 0 Å². The van der Waals surface area contributed by atoms with Crippen molar-refractivity contribution in [1.29, 1.82) is 0 Å². The smallest absolute Gasteiger partial charge is 0.164 e. The first kappa shape index (κ1) is 59.6. The molecule has 0 aliphatic heterocycles. The van der Waals surface area contributed by atoms with Gasteiger partial charge in [0.25, 0.3) is 0 Å². The Balaban J connectivity index is 0.000000133. The standard InChI is InChI=1S/C52H31N3O.C46H27N3O/c1-3-14-32(15-4-1)49-53-50(33-16-5-2-6-17-33)55-51(54-49)36-19-13-18-34(30-36)35-26-27-39-40-28-29-45-47(48(40)56-46(39)31-35)41-22-9-12-25-44(41)52(45)42-23-10-7-20-37(42)38-21-8-11-24-43(38)52;1-3-13-28(14-4-1)43-47-44(29-15-5-2-6-16-29)49-45(48-43)30-23-24-33-34-25-26-39-41(42(34)50-40(33)27-30)35-19-9-12-22-38(35)46(39)36-20-10-7-17-31(36)32-18-8-11-21-37(32)46/h1-31H;1-27H. The summed E-state index contributed by atoms with van der Waals surface area (Å²) in [4.78, 5) is 29.7. The van der Waals surface area contributed by atoms with Gasteiger partial charge in [-0.05, 0) is 119 Å². The van der Waals surface area contributed by atoms with E-state index in [-0.39, 0.29) is 0 Å². The molecular weight excluding hydrogens is 1290 g/mol. The van der Waals surface area contributed by atoms with Crippen molar-refractivity contribution in [2.24, 2.45) is 0 Å². The maximum absolute atomic E-state index is 7.00. The molecule has 106 heavy (non-hydrogen) atoms. The molecule has 4 aromatic heterocycles. The highest BCUT2D eigenvalue weighted by Crippen LogP contribution is 2.66.